The largest absolute Gasteiger partial charge is 0.494 e. The molecule has 6 heteroatoms. The molecule has 0 fully saturated rings. The van der Waals surface area contributed by atoms with Crippen LogP contribution in [0.5, 0.6) is 5.75 Å². The number of aromatic amines is 1. The lowest BCUT2D eigenvalue weighted by molar-refractivity contribution is -0.130. The smallest absolute Gasteiger partial charge is 0.222 e. The van der Waals surface area contributed by atoms with E-state index in [1.165, 1.54) is 0 Å². The van der Waals surface area contributed by atoms with Gasteiger partial charge in [0, 0.05) is 37.8 Å². The van der Waals surface area contributed by atoms with E-state index in [2.05, 4.69) is 15.2 Å². The summed E-state index contributed by atoms with van der Waals surface area (Å²) in [5.74, 6) is 0.879. The Morgan fingerprint density at radius 3 is 2.96 bits per heavy atom. The molecule has 1 N–H and O–H groups in total. The van der Waals surface area contributed by atoms with Crippen molar-refractivity contribution in [3.8, 4) is 5.75 Å². The lowest BCUT2D eigenvalue weighted by Crippen LogP contribution is -2.26. The topological polar surface area (TPSA) is 71.1 Å². The molecule has 6 nitrogen and oxygen atoms in total. The van der Waals surface area contributed by atoms with Gasteiger partial charge in [-0.2, -0.15) is 5.10 Å². The molecule has 3 aromatic rings. The minimum Gasteiger partial charge on any atom is -0.494 e. The zero-order valence-electron chi connectivity index (χ0n) is 14.5. The van der Waals surface area contributed by atoms with Crippen LogP contribution >= 0.6 is 0 Å². The number of aromatic nitrogens is 3. The zero-order chi connectivity index (χ0) is 17.6. The van der Waals surface area contributed by atoms with Crippen molar-refractivity contribution < 1.29 is 9.53 Å². The van der Waals surface area contributed by atoms with E-state index in [0.29, 0.717) is 13.0 Å². The number of hydrogen-bond acceptors (Lipinski definition) is 4. The summed E-state index contributed by atoms with van der Waals surface area (Å²) in [5.41, 5.74) is 3.01. The number of carbonyl (C=O) groups is 1. The number of hydrogen-bond donors (Lipinski definition) is 1. The number of amides is 1. The van der Waals surface area contributed by atoms with Crippen LogP contribution in [0.2, 0.25) is 0 Å². The van der Waals surface area contributed by atoms with Crippen LogP contribution in [0.3, 0.4) is 0 Å². The van der Waals surface area contributed by atoms with Crippen molar-refractivity contribution in [2.24, 2.45) is 0 Å². The van der Waals surface area contributed by atoms with E-state index in [1.807, 2.05) is 37.5 Å². The number of pyridine rings is 1. The molecule has 0 saturated carbocycles. The molecule has 2 heterocycles. The predicted octanol–water partition coefficient (Wildman–Crippen LogP) is 2.95. The molecule has 0 bridgehead atoms. The highest BCUT2D eigenvalue weighted by molar-refractivity contribution is 5.88. The summed E-state index contributed by atoms with van der Waals surface area (Å²) in [6.45, 7) is 0.552. The van der Waals surface area contributed by atoms with Crippen molar-refractivity contribution >= 4 is 16.8 Å². The van der Waals surface area contributed by atoms with E-state index in [0.717, 1.165) is 40.6 Å². The minimum absolute atomic E-state index is 0.136. The highest BCUT2D eigenvalue weighted by Crippen LogP contribution is 2.27. The van der Waals surface area contributed by atoms with Gasteiger partial charge in [-0.25, -0.2) is 0 Å². The summed E-state index contributed by atoms with van der Waals surface area (Å²) in [4.78, 5) is 18.6. The van der Waals surface area contributed by atoms with Crippen molar-refractivity contribution in [2.45, 2.75) is 25.8 Å². The van der Waals surface area contributed by atoms with Gasteiger partial charge < -0.3 is 9.64 Å². The average molecular weight is 338 g/mol. The highest BCUT2D eigenvalue weighted by Gasteiger charge is 2.13. The summed E-state index contributed by atoms with van der Waals surface area (Å²) in [6, 6.07) is 7.81. The molecule has 0 spiro atoms. The average Bonchev–Trinajstić information content (AvgIpc) is 3.15. The van der Waals surface area contributed by atoms with E-state index in [-0.39, 0.29) is 5.91 Å². The Kier molecular flexibility index (Phi) is 5.28. The van der Waals surface area contributed by atoms with Gasteiger partial charge in [-0.1, -0.05) is 12.1 Å². The fourth-order valence-corrected chi connectivity index (χ4v) is 2.90. The Bertz CT molecular complexity index is 846. The number of ether oxygens (including phenoxy) is 1. The van der Waals surface area contributed by atoms with Gasteiger partial charge in [-0.05, 0) is 36.1 Å². The quantitative estimate of drug-likeness (QED) is 0.719. The Labute approximate surface area is 146 Å². The number of aryl methyl sites for hydroxylation is 1. The van der Waals surface area contributed by atoms with Gasteiger partial charge in [0.05, 0.1) is 13.3 Å². The van der Waals surface area contributed by atoms with Crippen molar-refractivity contribution in [1.29, 1.82) is 0 Å². The normalized spacial score (nSPS) is 10.8. The first-order chi connectivity index (χ1) is 12.2. The molecule has 1 aromatic carbocycles. The predicted molar refractivity (Wildman–Crippen MR) is 96.3 cm³/mol. The van der Waals surface area contributed by atoms with Crippen LogP contribution in [-0.2, 0) is 17.8 Å². The van der Waals surface area contributed by atoms with E-state index in [9.17, 15) is 4.79 Å². The molecule has 0 unspecified atom stereocenters. The number of methoxy groups -OCH3 is 1. The van der Waals surface area contributed by atoms with Gasteiger partial charge in [0.25, 0.3) is 0 Å². The monoisotopic (exact) mass is 338 g/mol. The Morgan fingerprint density at radius 1 is 1.32 bits per heavy atom. The highest BCUT2D eigenvalue weighted by atomic mass is 16.5. The number of carbonyl (C=O) groups excluding carboxylic acids is 1. The SMILES string of the molecule is COc1ccc(CN(C)C(=O)CCCc2cn[nH]c2)c2cccnc12. The lowest BCUT2D eigenvalue weighted by Gasteiger charge is -2.19. The molecule has 3 rings (SSSR count). The Balaban J connectivity index is 1.65. The van der Waals surface area contributed by atoms with Gasteiger partial charge >= 0.3 is 0 Å². The first kappa shape index (κ1) is 17.0. The van der Waals surface area contributed by atoms with Gasteiger partial charge in [0.15, 0.2) is 0 Å². The summed E-state index contributed by atoms with van der Waals surface area (Å²) in [6.07, 6.45) is 7.60. The van der Waals surface area contributed by atoms with Gasteiger partial charge in [-0.3, -0.25) is 14.9 Å². The number of nitrogens with zero attached hydrogens (tertiary/aromatic N) is 3. The Hall–Kier alpha value is -2.89. The maximum Gasteiger partial charge on any atom is 0.222 e. The third-order valence-corrected chi connectivity index (χ3v) is 4.29. The molecule has 0 atom stereocenters. The maximum absolute atomic E-state index is 12.4. The van der Waals surface area contributed by atoms with Crippen LogP contribution < -0.4 is 4.74 Å². The van der Waals surface area contributed by atoms with Gasteiger partial charge in [0.2, 0.25) is 5.91 Å². The van der Waals surface area contributed by atoms with E-state index in [4.69, 9.17) is 4.74 Å². The standard InChI is InChI=1S/C19H22N4O2/c1-23(18(24)7-3-5-14-11-21-22-12-14)13-15-8-9-17(25-2)19-16(15)6-4-10-20-19/h4,6,8-12H,3,5,7,13H2,1-2H3,(H,21,22). The third-order valence-electron chi connectivity index (χ3n) is 4.29. The second-order valence-corrected chi connectivity index (χ2v) is 6.04. The molecule has 1 amide bonds. The maximum atomic E-state index is 12.4. The molecule has 130 valence electrons. The van der Waals surface area contributed by atoms with Gasteiger partial charge in [-0.15, -0.1) is 0 Å². The van der Waals surface area contributed by atoms with E-state index >= 15 is 0 Å². The first-order valence-corrected chi connectivity index (χ1v) is 8.31. The number of nitrogens with one attached hydrogen (secondary N) is 1. The van der Waals surface area contributed by atoms with Crippen LogP contribution in [-0.4, -0.2) is 40.1 Å². The van der Waals surface area contributed by atoms with E-state index < -0.39 is 0 Å². The summed E-state index contributed by atoms with van der Waals surface area (Å²) >= 11 is 0. The first-order valence-electron chi connectivity index (χ1n) is 8.31. The lowest BCUT2D eigenvalue weighted by atomic mass is 10.1. The second kappa shape index (κ2) is 7.79. The minimum atomic E-state index is 0.136. The third kappa shape index (κ3) is 3.96. The molecule has 0 aliphatic rings. The Morgan fingerprint density at radius 2 is 2.20 bits per heavy atom. The second-order valence-electron chi connectivity index (χ2n) is 6.04. The number of benzene rings is 1. The van der Waals surface area contributed by atoms with Crippen molar-refractivity contribution in [2.75, 3.05) is 14.2 Å². The molecule has 2 aromatic heterocycles. The van der Waals surface area contributed by atoms with Crippen molar-refractivity contribution in [1.82, 2.24) is 20.1 Å². The van der Waals surface area contributed by atoms with Crippen LogP contribution in [0.1, 0.15) is 24.0 Å². The summed E-state index contributed by atoms with van der Waals surface area (Å²) in [5, 5.41) is 7.72. The van der Waals surface area contributed by atoms with Crippen LogP contribution in [0.25, 0.3) is 10.9 Å². The molecular weight excluding hydrogens is 316 g/mol. The zero-order valence-corrected chi connectivity index (χ0v) is 14.5. The molecule has 0 aliphatic carbocycles. The van der Waals surface area contributed by atoms with E-state index in [1.54, 1.807) is 24.4 Å². The summed E-state index contributed by atoms with van der Waals surface area (Å²) < 4.78 is 5.37. The molecule has 0 aliphatic heterocycles. The number of rotatable bonds is 7. The molecule has 0 saturated heterocycles. The molecular formula is C19H22N4O2. The van der Waals surface area contributed by atoms with Crippen LogP contribution in [0.15, 0.2) is 42.9 Å². The number of H-pyrrole nitrogens is 1. The van der Waals surface area contributed by atoms with Crippen molar-refractivity contribution in [3.63, 3.8) is 0 Å². The molecule has 0 radical (unpaired) electrons. The fourth-order valence-electron chi connectivity index (χ4n) is 2.90. The fraction of sp³-hybridized carbons (Fsp3) is 0.316. The molecule has 25 heavy (non-hydrogen) atoms. The number of fused-ring (bicyclic) bond motifs is 1. The van der Waals surface area contributed by atoms with Crippen molar-refractivity contribution in [3.05, 3.63) is 54.0 Å². The summed E-state index contributed by atoms with van der Waals surface area (Å²) in [7, 11) is 3.48. The van der Waals surface area contributed by atoms with Gasteiger partial charge in [0.1, 0.15) is 11.3 Å². The van der Waals surface area contributed by atoms with Crippen LogP contribution in [0, 0.1) is 0 Å². The van der Waals surface area contributed by atoms with Crippen LogP contribution in [0.4, 0.5) is 0 Å².